The normalized spacial score (nSPS) is 9.62. The van der Waals surface area contributed by atoms with Gasteiger partial charge < -0.3 is 17.0 Å². The van der Waals surface area contributed by atoms with Gasteiger partial charge in [0.1, 0.15) is 0 Å². The van der Waals surface area contributed by atoms with Gasteiger partial charge in [-0.15, -0.1) is 0 Å². The summed E-state index contributed by atoms with van der Waals surface area (Å²) in [6.45, 7) is 2.16. The Morgan fingerprint density at radius 1 is 1.00 bits per heavy atom. The zero-order valence-electron chi connectivity index (χ0n) is 10.4. The predicted octanol–water partition coefficient (Wildman–Crippen LogP) is -7.16. The van der Waals surface area contributed by atoms with Crippen molar-refractivity contribution in [3.63, 3.8) is 0 Å². The molecule has 0 heterocycles. The van der Waals surface area contributed by atoms with Gasteiger partial charge in [0.15, 0.2) is 0 Å². The van der Waals surface area contributed by atoms with E-state index in [1.165, 1.54) is 19.3 Å². The zero-order valence-corrected chi connectivity index (χ0v) is 15.9. The third-order valence-corrected chi connectivity index (χ3v) is 2.18. The second-order valence-corrected chi connectivity index (χ2v) is 4.05. The summed E-state index contributed by atoms with van der Waals surface area (Å²) in [5.74, 6) is 0. The molecule has 0 aromatic heterocycles. The summed E-state index contributed by atoms with van der Waals surface area (Å²) in [6, 6.07) is 0. The van der Waals surface area contributed by atoms with Crippen LogP contribution < -0.4 is 71.5 Å². The molecule has 0 radical (unpaired) electrons. The summed E-state index contributed by atoms with van der Waals surface area (Å²) >= 11 is 0. The van der Waals surface area contributed by atoms with Gasteiger partial charge in [-0.2, -0.15) is 0 Å². The van der Waals surface area contributed by atoms with Gasteiger partial charge in [0.2, 0.25) is 10.4 Å². The molecular weight excluding hydrogens is 274 g/mol. The summed E-state index contributed by atoms with van der Waals surface area (Å²) in [5, 5.41) is 0. The molecule has 0 aliphatic heterocycles. The van der Waals surface area contributed by atoms with Crippen LogP contribution in [0, 0.1) is 0 Å². The van der Waals surface area contributed by atoms with Crippen molar-refractivity contribution >= 4 is 10.4 Å². The van der Waals surface area contributed by atoms with Crippen molar-refractivity contribution in [2.75, 3.05) is 6.61 Å². The SMILES string of the molecule is CCCCCCCCOS(=O)(=O)[O-].[Cl-].[Na+].[Na+]. The van der Waals surface area contributed by atoms with Crippen molar-refractivity contribution in [3.05, 3.63) is 0 Å². The molecular formula is C8H17ClNa2O4S. The summed E-state index contributed by atoms with van der Waals surface area (Å²) in [6.07, 6.45) is 6.21. The van der Waals surface area contributed by atoms with E-state index in [9.17, 15) is 13.0 Å². The van der Waals surface area contributed by atoms with Crippen molar-refractivity contribution in [1.29, 1.82) is 0 Å². The van der Waals surface area contributed by atoms with Crippen LogP contribution in [0.15, 0.2) is 0 Å². The first-order chi connectivity index (χ1) is 6.06. The first-order valence-corrected chi connectivity index (χ1v) is 6.00. The van der Waals surface area contributed by atoms with Crippen LogP contribution in [0.5, 0.6) is 0 Å². The van der Waals surface area contributed by atoms with E-state index in [4.69, 9.17) is 0 Å². The Kier molecular flexibility index (Phi) is 28.6. The molecule has 0 aliphatic carbocycles. The Morgan fingerprint density at radius 3 is 1.88 bits per heavy atom. The molecule has 8 heteroatoms. The van der Waals surface area contributed by atoms with Crippen LogP contribution in [-0.2, 0) is 14.6 Å². The third-order valence-electron chi connectivity index (χ3n) is 1.73. The molecule has 0 unspecified atom stereocenters. The van der Waals surface area contributed by atoms with E-state index in [2.05, 4.69) is 11.1 Å². The van der Waals surface area contributed by atoms with Crippen LogP contribution in [0.2, 0.25) is 0 Å². The van der Waals surface area contributed by atoms with Gasteiger partial charge in [-0.25, -0.2) is 8.42 Å². The molecule has 4 nitrogen and oxygen atoms in total. The molecule has 0 bridgehead atoms. The molecule has 0 rings (SSSR count). The molecule has 0 N–H and O–H groups in total. The van der Waals surface area contributed by atoms with Gasteiger partial charge in [0.25, 0.3) is 0 Å². The van der Waals surface area contributed by atoms with E-state index >= 15 is 0 Å². The Balaban J connectivity index is -0.000000240. The molecule has 0 saturated carbocycles. The van der Waals surface area contributed by atoms with E-state index in [0.29, 0.717) is 6.42 Å². The summed E-state index contributed by atoms with van der Waals surface area (Å²) in [4.78, 5) is 0. The Labute approximate surface area is 149 Å². The topological polar surface area (TPSA) is 66.4 Å². The van der Waals surface area contributed by atoms with Gasteiger partial charge in [0, 0.05) is 0 Å². The maximum Gasteiger partial charge on any atom is 1.00 e. The van der Waals surface area contributed by atoms with Crippen molar-refractivity contribution in [1.82, 2.24) is 0 Å². The van der Waals surface area contributed by atoms with E-state index in [0.717, 1.165) is 12.8 Å². The molecule has 0 atom stereocenters. The molecule has 0 amide bonds. The van der Waals surface area contributed by atoms with E-state index in [1.807, 2.05) is 0 Å². The number of rotatable bonds is 8. The van der Waals surface area contributed by atoms with E-state index in [1.54, 1.807) is 0 Å². The summed E-state index contributed by atoms with van der Waals surface area (Å²) in [5.41, 5.74) is 0. The fourth-order valence-electron chi connectivity index (χ4n) is 1.04. The third kappa shape index (κ3) is 25.1. The Morgan fingerprint density at radius 2 is 1.44 bits per heavy atom. The number of hydrogen-bond acceptors (Lipinski definition) is 4. The van der Waals surface area contributed by atoms with Crippen LogP contribution in [0.25, 0.3) is 0 Å². The molecule has 0 aromatic rings. The number of unbranched alkanes of at least 4 members (excludes halogenated alkanes) is 5. The molecule has 0 saturated heterocycles. The largest absolute Gasteiger partial charge is 1.00 e. The van der Waals surface area contributed by atoms with Crippen molar-refractivity contribution in [2.24, 2.45) is 0 Å². The maximum atomic E-state index is 9.99. The minimum absolute atomic E-state index is 0. The van der Waals surface area contributed by atoms with Crippen molar-refractivity contribution in [2.45, 2.75) is 45.4 Å². The second kappa shape index (κ2) is 17.2. The van der Waals surface area contributed by atoms with Crippen molar-refractivity contribution in [3.8, 4) is 0 Å². The smallest absolute Gasteiger partial charge is 1.00 e. The van der Waals surface area contributed by atoms with Crippen LogP contribution in [0.4, 0.5) is 0 Å². The summed E-state index contributed by atoms with van der Waals surface area (Å²) < 4.78 is 34.0. The van der Waals surface area contributed by atoms with Gasteiger partial charge in [-0.3, -0.25) is 4.18 Å². The molecule has 0 spiro atoms. The van der Waals surface area contributed by atoms with Crippen molar-refractivity contribution < 1.29 is 88.7 Å². The molecule has 16 heavy (non-hydrogen) atoms. The first-order valence-electron chi connectivity index (χ1n) is 4.66. The molecule has 0 fully saturated rings. The Bertz CT molecular complexity index is 212. The van der Waals surface area contributed by atoms with Gasteiger partial charge in [0.05, 0.1) is 6.61 Å². The van der Waals surface area contributed by atoms with Gasteiger partial charge in [-0.1, -0.05) is 39.0 Å². The monoisotopic (exact) mass is 290 g/mol. The van der Waals surface area contributed by atoms with E-state index < -0.39 is 10.4 Å². The van der Waals surface area contributed by atoms with Crippen LogP contribution in [-0.4, -0.2) is 19.6 Å². The zero-order chi connectivity index (χ0) is 10.2. The summed E-state index contributed by atoms with van der Waals surface area (Å²) in [7, 11) is -4.47. The fourth-order valence-corrected chi connectivity index (χ4v) is 1.37. The average Bonchev–Trinajstić information content (AvgIpc) is 2.01. The predicted molar refractivity (Wildman–Crippen MR) is 49.0 cm³/mol. The number of halogens is 1. The second-order valence-electron chi connectivity index (χ2n) is 3.00. The van der Waals surface area contributed by atoms with E-state index in [-0.39, 0.29) is 78.1 Å². The fraction of sp³-hybridized carbons (Fsp3) is 1.00. The molecule has 88 valence electrons. The van der Waals surface area contributed by atoms with Gasteiger partial charge in [-0.05, 0) is 6.42 Å². The first kappa shape index (κ1) is 26.7. The minimum atomic E-state index is -4.47. The quantitative estimate of drug-likeness (QED) is 0.193. The maximum absolute atomic E-state index is 9.99. The van der Waals surface area contributed by atoms with Crippen LogP contribution in [0.3, 0.4) is 0 Å². The van der Waals surface area contributed by atoms with Gasteiger partial charge >= 0.3 is 59.1 Å². The molecule has 0 aromatic carbocycles. The molecule has 0 aliphatic rings. The average molecular weight is 291 g/mol. The van der Waals surface area contributed by atoms with Crippen LogP contribution >= 0.6 is 0 Å². The Hall–Kier alpha value is 2.16. The number of hydrogen-bond donors (Lipinski definition) is 0. The van der Waals surface area contributed by atoms with Crippen LogP contribution in [0.1, 0.15) is 45.4 Å². The standard InChI is InChI=1S/C8H18O4S.ClH.2Na/c1-2-3-4-5-6-7-8-12-13(9,10)11;;;/h2-8H2,1H3,(H,9,10,11);1H;;/q;;2*+1/p-2. The minimum Gasteiger partial charge on any atom is -1.00 e.